The summed E-state index contributed by atoms with van der Waals surface area (Å²) in [6.07, 6.45) is 1.83. The summed E-state index contributed by atoms with van der Waals surface area (Å²) in [7, 11) is 1.44. The predicted molar refractivity (Wildman–Crippen MR) is 132 cm³/mol. The first kappa shape index (κ1) is 24.7. The Hall–Kier alpha value is -2.96. The van der Waals surface area contributed by atoms with Gasteiger partial charge in [0.1, 0.15) is 6.04 Å². The van der Waals surface area contributed by atoms with E-state index >= 15 is 0 Å². The van der Waals surface area contributed by atoms with Crippen molar-refractivity contribution in [2.45, 2.75) is 39.9 Å². The van der Waals surface area contributed by atoms with Gasteiger partial charge in [-0.1, -0.05) is 36.4 Å². The molecule has 1 amide bonds. The van der Waals surface area contributed by atoms with Crippen LogP contribution < -0.4 is 5.32 Å². The topological polar surface area (TPSA) is 61.9 Å². The third-order valence-corrected chi connectivity index (χ3v) is 6.30. The van der Waals surface area contributed by atoms with Gasteiger partial charge in [-0.25, -0.2) is 0 Å². The molecule has 1 fully saturated rings. The van der Waals surface area contributed by atoms with Crippen molar-refractivity contribution in [1.29, 1.82) is 0 Å². The number of amides is 1. The molecule has 1 unspecified atom stereocenters. The molecule has 0 saturated carbocycles. The molecule has 3 rings (SSSR count). The van der Waals surface area contributed by atoms with Gasteiger partial charge in [0.2, 0.25) is 5.91 Å². The summed E-state index contributed by atoms with van der Waals surface area (Å²) in [5.74, 6) is -0.246. The molecule has 1 aliphatic rings. The number of benzene rings is 2. The van der Waals surface area contributed by atoms with Crippen LogP contribution in [0.1, 0.15) is 29.2 Å². The van der Waals surface area contributed by atoms with E-state index in [4.69, 9.17) is 4.74 Å². The zero-order chi connectivity index (χ0) is 24.0. The minimum atomic E-state index is -0.294. The van der Waals surface area contributed by atoms with E-state index in [2.05, 4.69) is 59.8 Å². The van der Waals surface area contributed by atoms with Crippen molar-refractivity contribution < 1.29 is 14.3 Å². The highest BCUT2D eigenvalue weighted by molar-refractivity contribution is 5.76. The minimum absolute atomic E-state index is 0.0412. The molecule has 2 aromatic carbocycles. The van der Waals surface area contributed by atoms with Crippen molar-refractivity contribution in [2.75, 3.05) is 33.3 Å². The van der Waals surface area contributed by atoms with E-state index in [9.17, 15) is 9.59 Å². The number of ether oxygens (including phenoxy) is 1. The van der Waals surface area contributed by atoms with E-state index in [1.807, 2.05) is 18.2 Å². The summed E-state index contributed by atoms with van der Waals surface area (Å²) in [4.78, 5) is 28.4. The van der Waals surface area contributed by atoms with E-state index < -0.39 is 0 Å². The Kier molecular flexibility index (Phi) is 8.42. The molecule has 1 atom stereocenters. The van der Waals surface area contributed by atoms with Crippen LogP contribution in [0.25, 0.3) is 11.1 Å². The van der Waals surface area contributed by atoms with E-state index in [0.717, 1.165) is 36.3 Å². The summed E-state index contributed by atoms with van der Waals surface area (Å²) in [6, 6.07) is 12.5. The highest BCUT2D eigenvalue weighted by Gasteiger charge is 2.32. The van der Waals surface area contributed by atoms with E-state index in [1.54, 1.807) is 6.92 Å². The van der Waals surface area contributed by atoms with Crippen molar-refractivity contribution in [3.05, 3.63) is 71.3 Å². The van der Waals surface area contributed by atoms with Crippen LogP contribution in [-0.2, 0) is 27.4 Å². The number of carbonyl (C=O) groups is 2. The van der Waals surface area contributed by atoms with E-state index in [0.29, 0.717) is 19.6 Å². The predicted octanol–water partition coefficient (Wildman–Crippen LogP) is 3.45. The summed E-state index contributed by atoms with van der Waals surface area (Å²) >= 11 is 0. The number of nitrogens with zero attached hydrogens (tertiary/aromatic N) is 2. The number of hydrogen-bond donors (Lipinski definition) is 1. The fraction of sp³-hybridized carbons (Fsp3) is 0.407. The zero-order valence-electron chi connectivity index (χ0n) is 20.2. The molecule has 1 saturated heterocycles. The monoisotopic (exact) mass is 449 g/mol. The maximum absolute atomic E-state index is 12.4. The molecule has 6 heteroatoms. The SMILES string of the molecule is C=CCN1CCN(Cc2cc(C)c(CNC(C)=O)c(-c3ccccc3C)c2)CC1C(=O)OC. The minimum Gasteiger partial charge on any atom is -0.468 e. The molecule has 0 bridgehead atoms. The smallest absolute Gasteiger partial charge is 0.324 e. The van der Waals surface area contributed by atoms with Gasteiger partial charge in [-0.2, -0.15) is 0 Å². The summed E-state index contributed by atoms with van der Waals surface area (Å²) in [6.45, 7) is 13.8. The van der Waals surface area contributed by atoms with Gasteiger partial charge in [-0.3, -0.25) is 19.4 Å². The number of nitrogens with one attached hydrogen (secondary N) is 1. The molecular formula is C27H35N3O3. The molecule has 0 spiro atoms. The molecule has 0 aliphatic carbocycles. The molecule has 33 heavy (non-hydrogen) atoms. The summed E-state index contributed by atoms with van der Waals surface area (Å²) < 4.78 is 5.06. The number of aryl methyl sites for hydroxylation is 2. The molecule has 1 heterocycles. The molecule has 6 nitrogen and oxygen atoms in total. The molecule has 1 aliphatic heterocycles. The van der Waals surface area contributed by atoms with Crippen LogP contribution in [0.4, 0.5) is 0 Å². The highest BCUT2D eigenvalue weighted by Crippen LogP contribution is 2.31. The van der Waals surface area contributed by atoms with Gasteiger partial charge >= 0.3 is 5.97 Å². The van der Waals surface area contributed by atoms with Gasteiger partial charge in [-0.05, 0) is 53.3 Å². The average molecular weight is 450 g/mol. The largest absolute Gasteiger partial charge is 0.468 e. The van der Waals surface area contributed by atoms with Crippen LogP contribution in [0.2, 0.25) is 0 Å². The molecule has 0 radical (unpaired) electrons. The van der Waals surface area contributed by atoms with Crippen molar-refractivity contribution in [2.24, 2.45) is 0 Å². The quantitative estimate of drug-likeness (QED) is 0.494. The van der Waals surface area contributed by atoms with Gasteiger partial charge in [0, 0.05) is 46.2 Å². The first-order valence-electron chi connectivity index (χ1n) is 11.4. The fourth-order valence-corrected chi connectivity index (χ4v) is 4.57. The Morgan fingerprint density at radius 2 is 1.91 bits per heavy atom. The van der Waals surface area contributed by atoms with Crippen molar-refractivity contribution in [3.8, 4) is 11.1 Å². The summed E-state index contributed by atoms with van der Waals surface area (Å²) in [5, 5.41) is 2.96. The second-order valence-corrected chi connectivity index (χ2v) is 8.72. The van der Waals surface area contributed by atoms with Crippen molar-refractivity contribution in [1.82, 2.24) is 15.1 Å². The summed E-state index contributed by atoms with van der Waals surface area (Å²) in [5.41, 5.74) is 6.98. The second kappa shape index (κ2) is 11.3. The molecular weight excluding hydrogens is 414 g/mol. The molecule has 2 aromatic rings. The molecule has 0 aromatic heterocycles. The third-order valence-electron chi connectivity index (χ3n) is 6.30. The first-order valence-corrected chi connectivity index (χ1v) is 11.4. The Bertz CT molecular complexity index is 1020. The maximum atomic E-state index is 12.4. The number of esters is 1. The van der Waals surface area contributed by atoms with E-state index in [-0.39, 0.29) is 17.9 Å². The number of methoxy groups -OCH3 is 1. The van der Waals surface area contributed by atoms with Gasteiger partial charge in [0.15, 0.2) is 0 Å². The highest BCUT2D eigenvalue weighted by atomic mass is 16.5. The number of rotatable bonds is 8. The standard InChI is InChI=1S/C27H35N3O3/c1-6-11-30-13-12-29(18-26(30)27(32)33-5)17-22-14-20(3)25(16-28-21(4)31)24(15-22)23-10-8-7-9-19(23)2/h6-10,14-15,26H,1,11-13,16-18H2,2-5H3,(H,28,31). The second-order valence-electron chi connectivity index (χ2n) is 8.72. The van der Waals surface area contributed by atoms with Crippen LogP contribution in [0.3, 0.4) is 0 Å². The van der Waals surface area contributed by atoms with Crippen LogP contribution in [-0.4, -0.2) is 61.0 Å². The molecule has 1 N–H and O–H groups in total. The number of piperazine rings is 1. The van der Waals surface area contributed by atoms with Crippen molar-refractivity contribution in [3.63, 3.8) is 0 Å². The van der Waals surface area contributed by atoms with Gasteiger partial charge in [0.05, 0.1) is 7.11 Å². The van der Waals surface area contributed by atoms with Crippen LogP contribution in [0, 0.1) is 13.8 Å². The maximum Gasteiger partial charge on any atom is 0.324 e. The van der Waals surface area contributed by atoms with Gasteiger partial charge in [-0.15, -0.1) is 6.58 Å². The number of carbonyl (C=O) groups excluding carboxylic acids is 2. The van der Waals surface area contributed by atoms with Crippen molar-refractivity contribution >= 4 is 11.9 Å². The fourth-order valence-electron chi connectivity index (χ4n) is 4.57. The number of hydrogen-bond acceptors (Lipinski definition) is 5. The molecule has 176 valence electrons. The Balaban J connectivity index is 1.91. The van der Waals surface area contributed by atoms with Crippen LogP contribution >= 0.6 is 0 Å². The lowest BCUT2D eigenvalue weighted by Gasteiger charge is -2.39. The third kappa shape index (κ3) is 6.09. The zero-order valence-corrected chi connectivity index (χ0v) is 20.2. The van der Waals surface area contributed by atoms with Gasteiger partial charge < -0.3 is 10.1 Å². The average Bonchev–Trinajstić information content (AvgIpc) is 2.79. The Morgan fingerprint density at radius 1 is 1.15 bits per heavy atom. The normalized spacial score (nSPS) is 16.9. The van der Waals surface area contributed by atoms with Crippen LogP contribution in [0.5, 0.6) is 0 Å². The lowest BCUT2D eigenvalue weighted by Crippen LogP contribution is -2.56. The first-order chi connectivity index (χ1) is 15.8. The van der Waals surface area contributed by atoms with Gasteiger partial charge in [0.25, 0.3) is 0 Å². The Morgan fingerprint density at radius 3 is 2.58 bits per heavy atom. The lowest BCUT2D eigenvalue weighted by molar-refractivity contribution is -0.149. The Labute approximate surface area is 197 Å². The van der Waals surface area contributed by atoms with E-state index in [1.165, 1.54) is 23.8 Å². The lowest BCUT2D eigenvalue weighted by atomic mass is 9.90. The van der Waals surface area contributed by atoms with Crippen LogP contribution in [0.15, 0.2) is 49.1 Å².